The lowest BCUT2D eigenvalue weighted by atomic mass is 9.92. The van der Waals surface area contributed by atoms with Crippen molar-refractivity contribution in [1.29, 1.82) is 0 Å². The average molecular weight is 411 g/mol. The van der Waals surface area contributed by atoms with Gasteiger partial charge in [-0.25, -0.2) is 0 Å². The number of hydrogen-bond donors (Lipinski definition) is 0. The second kappa shape index (κ2) is 10.7. The molecule has 1 aliphatic rings. The molecule has 1 fully saturated rings. The van der Waals surface area contributed by atoms with Crippen molar-refractivity contribution < 1.29 is 19.1 Å². The number of nitrogens with zero attached hydrogens (tertiary/aromatic N) is 2. The van der Waals surface area contributed by atoms with Crippen molar-refractivity contribution >= 4 is 12.1 Å². The molecule has 1 heterocycles. The fourth-order valence-corrected chi connectivity index (χ4v) is 3.77. The maximum Gasteiger partial charge on any atom is 0.263 e. The molecular weight excluding hydrogens is 380 g/mol. The molecule has 1 aliphatic heterocycles. The van der Waals surface area contributed by atoms with E-state index in [1.165, 1.54) is 0 Å². The van der Waals surface area contributed by atoms with Crippen LogP contribution in [0.25, 0.3) is 0 Å². The number of benzene rings is 2. The topological polar surface area (TPSA) is 60.4 Å². The number of carbonyl (C=O) groups is 1. The van der Waals surface area contributed by atoms with Crippen LogP contribution in [-0.2, 0) is 16.2 Å². The molecule has 1 amide bonds. The minimum atomic E-state index is -0.0503. The van der Waals surface area contributed by atoms with Gasteiger partial charge in [0.25, 0.3) is 5.91 Å². The third-order valence-corrected chi connectivity index (χ3v) is 5.11. The van der Waals surface area contributed by atoms with Gasteiger partial charge in [0.15, 0.2) is 18.1 Å². The molecule has 3 rings (SSSR count). The average Bonchev–Trinajstić information content (AvgIpc) is 2.75. The second-order valence-electron chi connectivity index (χ2n) is 7.94. The summed E-state index contributed by atoms with van der Waals surface area (Å²) in [5.74, 6) is 2.30. The zero-order chi connectivity index (χ0) is 21.3. The smallest absolute Gasteiger partial charge is 0.263 e. The van der Waals surface area contributed by atoms with Crippen molar-refractivity contribution in [3.63, 3.8) is 0 Å². The van der Waals surface area contributed by atoms with E-state index in [-0.39, 0.29) is 12.5 Å². The predicted molar refractivity (Wildman–Crippen MR) is 117 cm³/mol. The van der Waals surface area contributed by atoms with Gasteiger partial charge in [-0.15, -0.1) is 0 Å². The first-order chi connectivity index (χ1) is 14.5. The quantitative estimate of drug-likeness (QED) is 0.485. The van der Waals surface area contributed by atoms with Crippen LogP contribution in [0.2, 0.25) is 0 Å². The number of oxime groups is 1. The summed E-state index contributed by atoms with van der Waals surface area (Å²) in [4.78, 5) is 19.4. The van der Waals surface area contributed by atoms with E-state index in [1.807, 2.05) is 53.4 Å². The Morgan fingerprint density at radius 2 is 1.83 bits per heavy atom. The van der Waals surface area contributed by atoms with E-state index >= 15 is 0 Å². The van der Waals surface area contributed by atoms with Gasteiger partial charge < -0.3 is 19.2 Å². The molecule has 30 heavy (non-hydrogen) atoms. The lowest BCUT2D eigenvalue weighted by molar-refractivity contribution is -0.138. The van der Waals surface area contributed by atoms with E-state index in [1.54, 1.807) is 13.3 Å². The minimum absolute atomic E-state index is 0.0206. The Morgan fingerprint density at radius 1 is 1.10 bits per heavy atom. The molecule has 0 saturated carbocycles. The van der Waals surface area contributed by atoms with E-state index in [2.05, 4.69) is 19.0 Å². The second-order valence-corrected chi connectivity index (χ2v) is 7.94. The largest absolute Gasteiger partial charge is 0.493 e. The van der Waals surface area contributed by atoms with Gasteiger partial charge in [-0.1, -0.05) is 49.3 Å². The zero-order valence-electron chi connectivity index (χ0n) is 17.9. The fraction of sp³-hybridized carbons (Fsp3) is 0.417. The molecule has 2 aromatic rings. The van der Waals surface area contributed by atoms with E-state index in [0.29, 0.717) is 29.9 Å². The maximum atomic E-state index is 12.3. The zero-order valence-corrected chi connectivity index (χ0v) is 17.9. The van der Waals surface area contributed by atoms with Crippen LogP contribution in [0.1, 0.15) is 31.4 Å². The number of amides is 1. The van der Waals surface area contributed by atoms with Crippen LogP contribution in [0.3, 0.4) is 0 Å². The Balaban J connectivity index is 1.51. The molecule has 0 aromatic heterocycles. The summed E-state index contributed by atoms with van der Waals surface area (Å²) in [6.45, 7) is 6.34. The molecule has 2 atom stereocenters. The molecule has 0 bridgehead atoms. The summed E-state index contributed by atoms with van der Waals surface area (Å²) < 4.78 is 11.3. The van der Waals surface area contributed by atoms with Gasteiger partial charge in [-0.05, 0) is 42.0 Å². The fourth-order valence-electron chi connectivity index (χ4n) is 3.77. The lowest BCUT2D eigenvalue weighted by Gasteiger charge is -2.34. The highest BCUT2D eigenvalue weighted by atomic mass is 16.6. The molecule has 2 aromatic carbocycles. The van der Waals surface area contributed by atoms with Gasteiger partial charge in [0, 0.05) is 18.7 Å². The van der Waals surface area contributed by atoms with E-state index in [9.17, 15) is 4.79 Å². The molecule has 2 unspecified atom stereocenters. The van der Waals surface area contributed by atoms with Crippen molar-refractivity contribution in [3.05, 3.63) is 59.7 Å². The molecule has 0 aliphatic carbocycles. The normalized spacial score (nSPS) is 19.0. The first kappa shape index (κ1) is 21.7. The lowest BCUT2D eigenvalue weighted by Crippen LogP contribution is -2.44. The van der Waals surface area contributed by atoms with Gasteiger partial charge >= 0.3 is 0 Å². The predicted octanol–water partition coefficient (Wildman–Crippen LogP) is 4.13. The number of carbonyl (C=O) groups excluding carboxylic acids is 1. The van der Waals surface area contributed by atoms with Gasteiger partial charge in [0.2, 0.25) is 0 Å². The molecule has 160 valence electrons. The van der Waals surface area contributed by atoms with Crippen LogP contribution in [0, 0.1) is 11.8 Å². The van der Waals surface area contributed by atoms with Crippen LogP contribution >= 0.6 is 0 Å². The Bertz CT molecular complexity index is 844. The number of likely N-dealkylation sites (tertiary alicyclic amines) is 1. The summed E-state index contributed by atoms with van der Waals surface area (Å²) in [5, 5.41) is 3.94. The van der Waals surface area contributed by atoms with Crippen molar-refractivity contribution in [3.8, 4) is 11.5 Å². The first-order valence-corrected chi connectivity index (χ1v) is 10.3. The molecule has 6 nitrogen and oxygen atoms in total. The Kier molecular flexibility index (Phi) is 7.71. The highest BCUT2D eigenvalue weighted by Gasteiger charge is 2.25. The molecule has 6 heteroatoms. The third kappa shape index (κ3) is 6.24. The summed E-state index contributed by atoms with van der Waals surface area (Å²) in [6.07, 6.45) is 2.73. The number of rotatable bonds is 8. The Morgan fingerprint density at radius 3 is 2.53 bits per heavy atom. The Hall–Kier alpha value is -3.02. The summed E-state index contributed by atoms with van der Waals surface area (Å²) in [5.41, 5.74) is 1.88. The van der Waals surface area contributed by atoms with Gasteiger partial charge in [0.1, 0.15) is 6.61 Å². The monoisotopic (exact) mass is 410 g/mol. The van der Waals surface area contributed by atoms with Crippen LogP contribution in [0.4, 0.5) is 0 Å². The highest BCUT2D eigenvalue weighted by molar-refractivity contribution is 5.81. The third-order valence-electron chi connectivity index (χ3n) is 5.11. The number of ether oxygens (including phenoxy) is 2. The number of hydrogen-bond acceptors (Lipinski definition) is 5. The molecular formula is C24H30N2O4. The van der Waals surface area contributed by atoms with Crippen LogP contribution in [-0.4, -0.2) is 43.8 Å². The van der Waals surface area contributed by atoms with E-state index in [0.717, 1.165) is 30.6 Å². The number of methoxy groups -OCH3 is 1. The SMILES string of the molecule is COc1cc(/C=N/OCC(=O)N2CC(C)CC(C)C2)ccc1OCc1ccccc1. The van der Waals surface area contributed by atoms with Crippen LogP contribution in [0.15, 0.2) is 53.7 Å². The minimum Gasteiger partial charge on any atom is -0.493 e. The maximum absolute atomic E-state index is 12.3. The van der Waals surface area contributed by atoms with Crippen molar-refractivity contribution in [2.45, 2.75) is 26.9 Å². The summed E-state index contributed by atoms with van der Waals surface area (Å²) in [6, 6.07) is 15.5. The molecule has 0 spiro atoms. The highest BCUT2D eigenvalue weighted by Crippen LogP contribution is 2.28. The first-order valence-electron chi connectivity index (χ1n) is 10.3. The standard InChI is InChI=1S/C24H30N2O4/c1-18-11-19(2)15-26(14-18)24(27)17-30-25-13-21-9-10-22(23(12-21)28-3)29-16-20-7-5-4-6-8-20/h4-10,12-13,18-19H,11,14-17H2,1-3H3/b25-13+. The van der Waals surface area contributed by atoms with Gasteiger partial charge in [-0.3, -0.25) is 4.79 Å². The molecule has 1 saturated heterocycles. The van der Waals surface area contributed by atoms with Crippen molar-refractivity contribution in [2.75, 3.05) is 26.8 Å². The Labute approximate surface area is 178 Å². The molecule has 0 N–H and O–H groups in total. The van der Waals surface area contributed by atoms with Crippen LogP contribution in [0.5, 0.6) is 11.5 Å². The number of piperidine rings is 1. The van der Waals surface area contributed by atoms with Crippen LogP contribution < -0.4 is 9.47 Å². The molecule has 0 radical (unpaired) electrons. The van der Waals surface area contributed by atoms with Gasteiger partial charge in [0.05, 0.1) is 13.3 Å². The van der Waals surface area contributed by atoms with Crippen molar-refractivity contribution in [2.24, 2.45) is 17.0 Å². The summed E-state index contributed by atoms with van der Waals surface area (Å²) in [7, 11) is 1.60. The summed E-state index contributed by atoms with van der Waals surface area (Å²) >= 11 is 0. The van der Waals surface area contributed by atoms with E-state index < -0.39 is 0 Å². The van der Waals surface area contributed by atoms with Crippen molar-refractivity contribution in [1.82, 2.24) is 4.90 Å². The van der Waals surface area contributed by atoms with Gasteiger partial charge in [-0.2, -0.15) is 0 Å². The van der Waals surface area contributed by atoms with E-state index in [4.69, 9.17) is 14.3 Å².